The number of amides is 5. The number of rotatable bonds is 7. The molecule has 0 radical (unpaired) electrons. The molecule has 2 saturated carbocycles. The van der Waals surface area contributed by atoms with Crippen molar-refractivity contribution in [1.29, 1.82) is 0 Å². The first-order chi connectivity index (χ1) is 25.5. The van der Waals surface area contributed by atoms with Gasteiger partial charge in [-0.1, -0.05) is 56.0 Å². The molecule has 7 rings (SSSR count). The van der Waals surface area contributed by atoms with E-state index in [0.717, 1.165) is 43.4 Å². The van der Waals surface area contributed by atoms with E-state index in [1.807, 2.05) is 47.9 Å². The van der Waals surface area contributed by atoms with Gasteiger partial charge in [0.1, 0.15) is 29.4 Å². The van der Waals surface area contributed by atoms with Crippen molar-refractivity contribution in [3.8, 4) is 16.5 Å². The molecule has 2 aromatic heterocycles. The average molecular weight is 766 g/mol. The van der Waals surface area contributed by atoms with Gasteiger partial charge >= 0.3 is 13.8 Å². The van der Waals surface area contributed by atoms with Crippen molar-refractivity contribution in [3.63, 3.8) is 0 Å². The summed E-state index contributed by atoms with van der Waals surface area (Å²) < 4.78 is 18.3. The highest BCUT2D eigenvalue weighted by Gasteiger charge is 2.61. The minimum atomic E-state index is -4.98. The molecule has 1 saturated heterocycles. The second-order valence-electron chi connectivity index (χ2n) is 14.3. The molecule has 4 heterocycles. The predicted molar refractivity (Wildman–Crippen MR) is 196 cm³/mol. The lowest BCUT2D eigenvalue weighted by Gasteiger charge is -2.30. The molecule has 2 aliphatic carbocycles. The van der Waals surface area contributed by atoms with Gasteiger partial charge in [-0.3, -0.25) is 19.5 Å². The summed E-state index contributed by atoms with van der Waals surface area (Å²) in [4.78, 5) is 86.3. The molecule has 5 amide bonds. The number of ether oxygens (including phenoxy) is 1. The Labute approximate surface area is 310 Å². The molecular formula is C36H44N7O8PS. The number of benzene rings is 1. The van der Waals surface area contributed by atoms with Crippen LogP contribution < -0.4 is 25.8 Å². The third kappa shape index (κ3) is 8.56. The molecule has 282 valence electrons. The number of urea groups is 1. The van der Waals surface area contributed by atoms with E-state index in [9.17, 15) is 33.5 Å². The number of thiophene rings is 1. The van der Waals surface area contributed by atoms with Crippen LogP contribution in [0.1, 0.15) is 70.6 Å². The molecule has 4 aliphatic rings. The quantitative estimate of drug-likeness (QED) is 0.151. The summed E-state index contributed by atoms with van der Waals surface area (Å²) in [5.74, 6) is -2.40. The lowest BCUT2D eigenvalue weighted by atomic mass is 10.0. The fourth-order valence-electron chi connectivity index (χ4n) is 7.65. The zero-order valence-electron chi connectivity index (χ0n) is 29.1. The molecule has 17 heteroatoms. The van der Waals surface area contributed by atoms with Gasteiger partial charge in [-0.05, 0) is 62.1 Å². The molecule has 0 bridgehead atoms. The van der Waals surface area contributed by atoms with Gasteiger partial charge in [-0.25, -0.2) is 19.3 Å². The van der Waals surface area contributed by atoms with Gasteiger partial charge in [0.25, 0.3) is 5.91 Å². The van der Waals surface area contributed by atoms with Crippen molar-refractivity contribution in [1.82, 2.24) is 35.9 Å². The van der Waals surface area contributed by atoms with Crippen LogP contribution in [0, 0.1) is 5.92 Å². The summed E-state index contributed by atoms with van der Waals surface area (Å²) in [6, 6.07) is 8.70. The Morgan fingerprint density at radius 1 is 0.981 bits per heavy atom. The van der Waals surface area contributed by atoms with Gasteiger partial charge in [-0.2, -0.15) is 0 Å². The van der Waals surface area contributed by atoms with Crippen molar-refractivity contribution in [2.75, 3.05) is 6.54 Å². The van der Waals surface area contributed by atoms with Crippen LogP contribution in [0.25, 0.3) is 21.6 Å². The van der Waals surface area contributed by atoms with Gasteiger partial charge in [0.2, 0.25) is 17.7 Å². The van der Waals surface area contributed by atoms with Gasteiger partial charge in [0.05, 0.1) is 22.5 Å². The molecule has 3 aromatic rings. The zero-order chi connectivity index (χ0) is 37.2. The number of carbonyl (C=O) groups is 4. The summed E-state index contributed by atoms with van der Waals surface area (Å²) in [6.07, 6.45) is 10.1. The Kier molecular flexibility index (Phi) is 10.8. The van der Waals surface area contributed by atoms with E-state index in [2.05, 4.69) is 16.0 Å². The maximum absolute atomic E-state index is 14.5. The molecule has 5 atom stereocenters. The largest absolute Gasteiger partial charge is 0.471 e. The molecule has 1 unspecified atom stereocenters. The average Bonchev–Trinajstić information content (AvgIpc) is 3.61. The number of aromatic nitrogens is 2. The topological polar surface area (TPSA) is 212 Å². The summed E-state index contributed by atoms with van der Waals surface area (Å²) in [5.41, 5.74) is 0.182. The Bertz CT molecular complexity index is 1930. The monoisotopic (exact) mass is 765 g/mol. The van der Waals surface area contributed by atoms with Crippen molar-refractivity contribution < 1.29 is 38.3 Å². The molecule has 2 aliphatic heterocycles. The summed E-state index contributed by atoms with van der Waals surface area (Å²) >= 11 is 1.47. The number of nitrogens with zero attached hydrogens (tertiary/aromatic N) is 3. The number of nitrogens with one attached hydrogen (secondary N) is 4. The number of allylic oxidation sites excluding steroid dienone is 1. The predicted octanol–water partition coefficient (Wildman–Crippen LogP) is 3.92. The van der Waals surface area contributed by atoms with Crippen molar-refractivity contribution in [2.45, 2.75) is 100 Å². The van der Waals surface area contributed by atoms with Crippen LogP contribution in [0.2, 0.25) is 0 Å². The molecule has 6 N–H and O–H groups in total. The third-order valence-corrected chi connectivity index (χ3v) is 11.8. The first-order valence-electron chi connectivity index (χ1n) is 18.2. The van der Waals surface area contributed by atoms with E-state index in [1.165, 1.54) is 16.2 Å². The van der Waals surface area contributed by atoms with E-state index in [1.54, 1.807) is 11.2 Å². The van der Waals surface area contributed by atoms with E-state index in [0.29, 0.717) is 36.0 Å². The van der Waals surface area contributed by atoms with Gasteiger partial charge in [0, 0.05) is 18.4 Å². The first-order valence-corrected chi connectivity index (χ1v) is 20.7. The molecule has 15 nitrogen and oxygen atoms in total. The minimum absolute atomic E-state index is 0.0215. The lowest BCUT2D eigenvalue weighted by Crippen LogP contribution is -2.58. The van der Waals surface area contributed by atoms with E-state index in [-0.39, 0.29) is 31.3 Å². The Balaban J connectivity index is 1.20. The van der Waals surface area contributed by atoms with Crippen LogP contribution in [0.5, 0.6) is 5.88 Å². The fourth-order valence-corrected chi connectivity index (χ4v) is 8.82. The second kappa shape index (κ2) is 15.5. The minimum Gasteiger partial charge on any atom is -0.471 e. The molecule has 3 fully saturated rings. The highest BCUT2D eigenvalue weighted by atomic mass is 32.1. The SMILES string of the molecule is O=C(NC1CCCC1)N[C@H]1CCCCC/C=C\C2C[C@@]2(C(=O)NP(=O)(O)O)NC(=O)[C@@H]2C[C@@H](Oc3nc4ccccc4nc3-c3cccs3)CN2C1=O. The Morgan fingerprint density at radius 2 is 1.74 bits per heavy atom. The number of hydrogen-bond acceptors (Lipinski definition) is 9. The molecule has 53 heavy (non-hydrogen) atoms. The smallest absolute Gasteiger partial charge is 0.429 e. The van der Waals surface area contributed by atoms with Crippen LogP contribution in [-0.2, 0) is 18.9 Å². The number of hydrogen-bond donors (Lipinski definition) is 6. The number of carbonyl (C=O) groups excluding carboxylic acids is 4. The maximum Gasteiger partial charge on any atom is 0.429 e. The molecular weight excluding hydrogens is 721 g/mol. The third-order valence-electron chi connectivity index (χ3n) is 10.5. The number of para-hydroxylation sites is 2. The van der Waals surface area contributed by atoms with Crippen molar-refractivity contribution in [2.24, 2.45) is 5.92 Å². The van der Waals surface area contributed by atoms with Crippen LogP contribution >= 0.6 is 19.1 Å². The normalized spacial score (nSPS) is 27.5. The highest BCUT2D eigenvalue weighted by molar-refractivity contribution is 7.50. The molecule has 0 spiro atoms. The van der Waals surface area contributed by atoms with Crippen LogP contribution in [0.3, 0.4) is 0 Å². The Hall–Kier alpha value is -4.37. The van der Waals surface area contributed by atoms with Gasteiger partial charge in [0.15, 0.2) is 0 Å². The number of fused-ring (bicyclic) bond motifs is 3. The first kappa shape index (κ1) is 37.0. The van der Waals surface area contributed by atoms with E-state index in [4.69, 9.17) is 14.7 Å². The second-order valence-corrected chi connectivity index (χ2v) is 16.6. The highest BCUT2D eigenvalue weighted by Crippen LogP contribution is 2.47. The maximum atomic E-state index is 14.5. The van der Waals surface area contributed by atoms with Gasteiger partial charge < -0.3 is 35.4 Å². The van der Waals surface area contributed by atoms with Crippen LogP contribution in [-0.4, -0.2) is 84.7 Å². The summed E-state index contributed by atoms with van der Waals surface area (Å²) in [6.45, 7) is -0.0251. The lowest BCUT2D eigenvalue weighted by molar-refractivity contribution is -0.141. The van der Waals surface area contributed by atoms with Crippen molar-refractivity contribution in [3.05, 3.63) is 53.9 Å². The van der Waals surface area contributed by atoms with E-state index < -0.39 is 61.1 Å². The molecule has 1 aromatic carbocycles. The van der Waals surface area contributed by atoms with Crippen LogP contribution in [0.15, 0.2) is 53.9 Å². The van der Waals surface area contributed by atoms with Gasteiger partial charge in [-0.15, -0.1) is 11.3 Å². The summed E-state index contributed by atoms with van der Waals surface area (Å²) in [5, 5.41) is 12.3. The zero-order valence-corrected chi connectivity index (χ0v) is 30.8. The Morgan fingerprint density at radius 3 is 2.47 bits per heavy atom. The summed E-state index contributed by atoms with van der Waals surface area (Å²) in [7, 11) is -4.98. The van der Waals surface area contributed by atoms with E-state index >= 15 is 0 Å². The fraction of sp³-hybridized carbons (Fsp3) is 0.500. The van der Waals surface area contributed by atoms with Crippen molar-refractivity contribution >= 4 is 53.9 Å². The standard InChI is InChI=1S/C36H44N7O8PS/c44-31-28-19-24(51-32-30(29-17-10-18-53-29)38-25-14-8-9-15-26(25)39-32)21-43(28)33(45)27(40-35(47)37-23-12-6-7-13-23)16-5-3-1-2-4-11-22-20-36(22,41-31)34(46)42-52(48,49)50/h4,8-11,14-15,17-18,22-24,27-28H,1-3,5-7,12-13,16,19-21H2,(H,41,44)(H2,37,40,47)(H3,42,46,48,49,50)/b11-4-/t22?,24-,27+,28+,36-/m1/s1. The van der Waals surface area contributed by atoms with Crippen LogP contribution in [0.4, 0.5) is 4.79 Å².